The molecule has 0 bridgehead atoms. The predicted octanol–water partition coefficient (Wildman–Crippen LogP) is 5.63. The van der Waals surface area contributed by atoms with Gasteiger partial charge in [0.2, 0.25) is 0 Å². The number of allylic oxidation sites excluding steroid dienone is 5. The Morgan fingerprint density at radius 2 is 2.04 bits per heavy atom. The lowest BCUT2D eigenvalue weighted by Crippen LogP contribution is -3.07. The van der Waals surface area contributed by atoms with E-state index in [9.17, 15) is 5.21 Å². The standard InChI is InChI=1S/C25H33NO2/c1-18(2)10-8-11-19(3)12-9-16-25(5)17-15-21-20(4)26(27)23-14-7-6-13-22(23)24(21)28-25/h6-7,9-10,12-14,16,20,26H,8,11,15,17H2,1-5H3/b16-9+,19-12+/t20?,25-/m0/s1. The average Bonchev–Trinajstić information content (AvgIpc) is 2.65. The first-order chi connectivity index (χ1) is 13.3. The molecule has 0 fully saturated rings. The van der Waals surface area contributed by atoms with Crippen LogP contribution in [0, 0.1) is 5.21 Å². The highest BCUT2D eigenvalue weighted by atomic mass is 16.5. The van der Waals surface area contributed by atoms with Crippen LogP contribution in [0.1, 0.15) is 65.9 Å². The number of para-hydroxylation sites is 1. The average molecular weight is 380 g/mol. The van der Waals surface area contributed by atoms with Crippen molar-refractivity contribution >= 4 is 11.4 Å². The summed E-state index contributed by atoms with van der Waals surface area (Å²) in [6.07, 6.45) is 12.7. The minimum atomic E-state index is -0.345. The topological polar surface area (TPSA) is 36.7 Å². The van der Waals surface area contributed by atoms with Gasteiger partial charge in [0, 0.05) is 11.6 Å². The largest absolute Gasteiger partial charge is 0.628 e. The molecule has 1 N–H and O–H groups in total. The fourth-order valence-corrected chi connectivity index (χ4v) is 3.98. The SMILES string of the molecule is CC(C)=CCC/C(C)=C/C=C/[C@@]1(C)CCC2=C(O1)c1ccccc1[NH+]([O-])C2C. The minimum absolute atomic E-state index is 0.0874. The molecule has 2 heterocycles. The molecule has 0 spiro atoms. The van der Waals surface area contributed by atoms with Crippen LogP contribution in [0.2, 0.25) is 0 Å². The van der Waals surface area contributed by atoms with E-state index in [2.05, 4.69) is 52.0 Å². The lowest BCUT2D eigenvalue weighted by molar-refractivity contribution is -0.799. The summed E-state index contributed by atoms with van der Waals surface area (Å²) >= 11 is 0. The van der Waals surface area contributed by atoms with Gasteiger partial charge in [0.1, 0.15) is 23.1 Å². The molecular weight excluding hydrogens is 346 g/mol. The summed E-state index contributed by atoms with van der Waals surface area (Å²) in [4.78, 5) is 0. The summed E-state index contributed by atoms with van der Waals surface area (Å²) in [5.41, 5.74) is 5.29. The lowest BCUT2D eigenvalue weighted by Gasteiger charge is -2.43. The molecule has 2 aliphatic heterocycles. The molecule has 0 saturated carbocycles. The first-order valence-electron chi connectivity index (χ1n) is 10.3. The van der Waals surface area contributed by atoms with Gasteiger partial charge >= 0.3 is 0 Å². The van der Waals surface area contributed by atoms with Crippen molar-refractivity contribution in [2.75, 3.05) is 0 Å². The maximum Gasteiger partial charge on any atom is 0.142 e. The van der Waals surface area contributed by atoms with Crippen molar-refractivity contribution in [1.82, 2.24) is 0 Å². The van der Waals surface area contributed by atoms with E-state index < -0.39 is 0 Å². The van der Waals surface area contributed by atoms with Crippen molar-refractivity contribution in [2.45, 2.75) is 71.9 Å². The third-order valence-corrected chi connectivity index (χ3v) is 5.79. The van der Waals surface area contributed by atoms with Gasteiger partial charge in [-0.3, -0.25) is 0 Å². The number of fused-ring (bicyclic) bond motifs is 2. The van der Waals surface area contributed by atoms with Crippen LogP contribution >= 0.6 is 0 Å². The molecule has 3 rings (SSSR count). The van der Waals surface area contributed by atoms with Gasteiger partial charge in [-0.1, -0.05) is 41.5 Å². The van der Waals surface area contributed by atoms with E-state index >= 15 is 0 Å². The zero-order valence-electron chi connectivity index (χ0n) is 17.8. The number of hydroxylamine groups is 1. The normalized spacial score (nSPS) is 27.3. The van der Waals surface area contributed by atoms with Crippen molar-refractivity contribution in [2.24, 2.45) is 0 Å². The predicted molar refractivity (Wildman–Crippen MR) is 117 cm³/mol. The zero-order chi connectivity index (χ0) is 20.3. The second-order valence-corrected chi connectivity index (χ2v) is 8.59. The fourth-order valence-electron chi connectivity index (χ4n) is 3.98. The quantitative estimate of drug-likeness (QED) is 0.409. The molecule has 3 heteroatoms. The monoisotopic (exact) mass is 379 g/mol. The number of benzene rings is 1. The van der Waals surface area contributed by atoms with Gasteiger partial charge < -0.3 is 15.0 Å². The number of ether oxygens (including phenoxy) is 1. The van der Waals surface area contributed by atoms with Crippen LogP contribution in [0.15, 0.2) is 65.3 Å². The van der Waals surface area contributed by atoms with E-state index in [1.807, 2.05) is 31.2 Å². The Bertz CT molecular complexity index is 842. The third-order valence-electron chi connectivity index (χ3n) is 5.79. The van der Waals surface area contributed by atoms with Crippen LogP contribution in [-0.4, -0.2) is 11.6 Å². The van der Waals surface area contributed by atoms with Gasteiger partial charge in [0.25, 0.3) is 0 Å². The molecule has 3 nitrogen and oxygen atoms in total. The van der Waals surface area contributed by atoms with Gasteiger partial charge in [-0.25, -0.2) is 0 Å². The highest BCUT2D eigenvalue weighted by molar-refractivity contribution is 5.74. The summed E-state index contributed by atoms with van der Waals surface area (Å²) in [5.74, 6) is 0.922. The van der Waals surface area contributed by atoms with Gasteiger partial charge in [-0.05, 0) is 72.4 Å². The smallest absolute Gasteiger partial charge is 0.142 e. The molecule has 2 unspecified atom stereocenters. The summed E-state index contributed by atoms with van der Waals surface area (Å²) in [6.45, 7) is 10.6. The molecule has 3 atom stereocenters. The Hall–Kier alpha value is -2.10. The maximum absolute atomic E-state index is 12.7. The Morgan fingerprint density at radius 1 is 1.29 bits per heavy atom. The van der Waals surface area contributed by atoms with E-state index in [1.54, 1.807) is 0 Å². The maximum atomic E-state index is 12.7. The van der Waals surface area contributed by atoms with Crippen LogP contribution in [0.4, 0.5) is 5.69 Å². The van der Waals surface area contributed by atoms with Crippen LogP contribution in [0.3, 0.4) is 0 Å². The van der Waals surface area contributed by atoms with Gasteiger partial charge in [0.15, 0.2) is 0 Å². The molecule has 150 valence electrons. The van der Waals surface area contributed by atoms with E-state index in [0.29, 0.717) is 0 Å². The Balaban J connectivity index is 1.76. The van der Waals surface area contributed by atoms with Crippen molar-refractivity contribution in [3.63, 3.8) is 0 Å². The highest BCUT2D eigenvalue weighted by Gasteiger charge is 2.39. The zero-order valence-corrected chi connectivity index (χ0v) is 17.8. The first-order valence-corrected chi connectivity index (χ1v) is 10.3. The third kappa shape index (κ3) is 4.48. The molecule has 0 aromatic heterocycles. The van der Waals surface area contributed by atoms with Crippen molar-refractivity contribution in [3.8, 4) is 0 Å². The number of nitrogens with one attached hydrogen (secondary N) is 1. The second-order valence-electron chi connectivity index (χ2n) is 8.59. The number of rotatable bonds is 5. The van der Waals surface area contributed by atoms with Crippen LogP contribution in [-0.2, 0) is 4.74 Å². The Morgan fingerprint density at radius 3 is 2.79 bits per heavy atom. The van der Waals surface area contributed by atoms with E-state index in [1.165, 1.54) is 11.1 Å². The van der Waals surface area contributed by atoms with Crippen LogP contribution in [0.25, 0.3) is 5.76 Å². The van der Waals surface area contributed by atoms with Crippen LogP contribution in [0.5, 0.6) is 0 Å². The first kappa shape index (κ1) is 20.6. The molecule has 28 heavy (non-hydrogen) atoms. The molecule has 0 saturated heterocycles. The van der Waals surface area contributed by atoms with Gasteiger partial charge in [0.05, 0.1) is 5.56 Å². The van der Waals surface area contributed by atoms with Gasteiger partial charge in [-0.2, -0.15) is 0 Å². The number of quaternary nitrogens is 1. The molecule has 1 aromatic carbocycles. The molecular formula is C25H33NO2. The molecule has 1 aromatic rings. The fraction of sp³-hybridized carbons (Fsp3) is 0.440. The Kier molecular flexibility index (Phi) is 6.26. The number of hydrogen-bond donors (Lipinski definition) is 1. The summed E-state index contributed by atoms with van der Waals surface area (Å²) in [6, 6.07) is 7.75. The summed E-state index contributed by atoms with van der Waals surface area (Å²) in [5, 5.41) is 12.9. The highest BCUT2D eigenvalue weighted by Crippen LogP contribution is 2.42. The van der Waals surface area contributed by atoms with Gasteiger partial charge in [-0.15, -0.1) is 0 Å². The van der Waals surface area contributed by atoms with Crippen molar-refractivity contribution in [1.29, 1.82) is 0 Å². The minimum Gasteiger partial charge on any atom is -0.628 e. The molecule has 2 aliphatic rings. The van der Waals surface area contributed by atoms with E-state index in [-0.39, 0.29) is 16.7 Å². The van der Waals surface area contributed by atoms with E-state index in [4.69, 9.17) is 4.74 Å². The molecule has 0 aliphatic carbocycles. The van der Waals surface area contributed by atoms with Crippen LogP contribution < -0.4 is 5.06 Å². The lowest BCUT2D eigenvalue weighted by atomic mass is 9.85. The molecule has 0 radical (unpaired) electrons. The summed E-state index contributed by atoms with van der Waals surface area (Å²) in [7, 11) is 0. The van der Waals surface area contributed by atoms with Crippen molar-refractivity contribution < 1.29 is 9.80 Å². The number of hydrogen-bond acceptors (Lipinski definition) is 2. The van der Waals surface area contributed by atoms with E-state index in [0.717, 1.165) is 48.3 Å². The van der Waals surface area contributed by atoms with Crippen molar-refractivity contribution in [3.05, 3.63) is 76.1 Å². The Labute approximate surface area is 169 Å². The second kappa shape index (κ2) is 8.50. The molecule has 0 amide bonds. The summed E-state index contributed by atoms with van der Waals surface area (Å²) < 4.78 is 6.52.